The van der Waals surface area contributed by atoms with Crippen molar-refractivity contribution < 1.29 is 69.5 Å². The molecule has 3 N–H and O–H groups in total. The number of rotatable bonds is 1. The number of primary amides is 1. The maximum Gasteiger partial charge on any atom is 1.00 e. The first-order valence-electron chi connectivity index (χ1n) is 2.07. The van der Waals surface area contributed by atoms with Crippen molar-refractivity contribution in [3.05, 3.63) is 0 Å². The number of hydrogen-bond donors (Lipinski definition) is 2. The minimum absolute atomic E-state index is 0. The summed E-state index contributed by atoms with van der Waals surface area (Å²) in [5.74, 6) is -0.245. The third-order valence-electron chi connectivity index (χ3n) is 0.348. The van der Waals surface area contributed by atoms with Crippen molar-refractivity contribution in [3.63, 3.8) is 0 Å². The molecule has 0 aliphatic heterocycles. The summed E-state index contributed by atoms with van der Waals surface area (Å²) in [5, 5.41) is 0. The number of nitrogens with two attached hydrogens (primary N) is 1. The molecule has 1 amide bonds. The van der Waals surface area contributed by atoms with Crippen molar-refractivity contribution in [1.82, 2.24) is 0 Å². The fraction of sp³-hybridized carbons (Fsp3) is 0.667. The van der Waals surface area contributed by atoms with E-state index in [0.717, 1.165) is 0 Å². The summed E-state index contributed by atoms with van der Waals surface area (Å²) >= 11 is -2.86. The van der Waals surface area contributed by atoms with Crippen LogP contribution in [-0.4, -0.2) is 19.2 Å². The van der Waals surface area contributed by atoms with E-state index in [2.05, 4.69) is 5.73 Å². The summed E-state index contributed by atoms with van der Waals surface area (Å²) in [6.07, 6.45) is 0.444. The predicted octanol–water partition coefficient (Wildman–Crippen LogP) is -3.78. The van der Waals surface area contributed by atoms with Crippen LogP contribution in [0, 0.1) is 0 Å². The first-order valence-corrected chi connectivity index (χ1v) is 3.10. The zero-order valence-corrected chi connectivity index (χ0v) is 9.80. The van der Waals surface area contributed by atoms with Gasteiger partial charge in [0.25, 0.3) is 0 Å². The van der Waals surface area contributed by atoms with Crippen LogP contribution >= 0.6 is 0 Å². The van der Waals surface area contributed by atoms with Gasteiger partial charge < -0.3 is 14.8 Å². The van der Waals surface area contributed by atoms with Crippen LogP contribution in [0.1, 0.15) is 13.3 Å². The van der Waals surface area contributed by atoms with E-state index in [4.69, 9.17) is 13.3 Å². The third kappa shape index (κ3) is 60.8. The van der Waals surface area contributed by atoms with Crippen LogP contribution in [0.4, 0.5) is 0 Å². The summed E-state index contributed by atoms with van der Waals surface area (Å²) in [7, 11) is 0. The van der Waals surface area contributed by atoms with Gasteiger partial charge in [-0.3, -0.25) is 4.79 Å². The number of carbonyl (C=O) groups excluding carboxylic acids is 1. The van der Waals surface area contributed by atoms with Gasteiger partial charge in [0.15, 0.2) is 0 Å². The molecule has 0 radical (unpaired) electrons. The maximum atomic E-state index is 9.59. The molecule has 0 aliphatic rings. The summed E-state index contributed by atoms with van der Waals surface area (Å²) in [6.45, 7) is 1.72. The summed E-state index contributed by atoms with van der Waals surface area (Å²) < 4.78 is 24.1. The largest absolute Gasteiger partial charge is 1.00 e. The summed E-state index contributed by atoms with van der Waals surface area (Å²) in [5.41, 5.74) is 4.65. The standard InChI is InChI=1S/C3H7NO.K.H2O3S/c1-2-3(4)5;;1-4(2)3/h2H2,1H3,(H2,4,5);;(H2,1,2,3)/q;+1;/p-1. The van der Waals surface area contributed by atoms with Crippen LogP contribution in [-0.2, 0) is 16.2 Å². The van der Waals surface area contributed by atoms with E-state index in [1.54, 1.807) is 6.92 Å². The van der Waals surface area contributed by atoms with E-state index in [0.29, 0.717) is 6.42 Å². The molecule has 0 saturated heterocycles. The fourth-order valence-corrected chi connectivity index (χ4v) is 0. The monoisotopic (exact) mass is 193 g/mol. The Morgan fingerprint density at radius 3 is 1.90 bits per heavy atom. The molecule has 7 heteroatoms. The normalized spacial score (nSPS) is 9.90. The molecule has 10 heavy (non-hydrogen) atoms. The minimum Gasteiger partial charge on any atom is -0.750 e. The molecule has 1 unspecified atom stereocenters. The predicted molar refractivity (Wildman–Crippen MR) is 31.0 cm³/mol. The Kier molecular flexibility index (Phi) is 22.2. The van der Waals surface area contributed by atoms with Gasteiger partial charge in [-0.1, -0.05) is 6.92 Å². The van der Waals surface area contributed by atoms with E-state index in [-0.39, 0.29) is 57.3 Å². The van der Waals surface area contributed by atoms with Crippen molar-refractivity contribution in [3.8, 4) is 0 Å². The van der Waals surface area contributed by atoms with Gasteiger partial charge in [-0.15, -0.1) is 0 Å². The van der Waals surface area contributed by atoms with Gasteiger partial charge in [-0.2, -0.15) is 0 Å². The Hall–Kier alpha value is 1.18. The smallest absolute Gasteiger partial charge is 0.750 e. The molecule has 0 aromatic rings. The van der Waals surface area contributed by atoms with E-state index in [1.807, 2.05) is 0 Å². The van der Waals surface area contributed by atoms with Gasteiger partial charge >= 0.3 is 51.4 Å². The summed E-state index contributed by atoms with van der Waals surface area (Å²) in [6, 6.07) is 0. The Morgan fingerprint density at radius 2 is 1.90 bits per heavy atom. The molecule has 0 saturated carbocycles. The third-order valence-corrected chi connectivity index (χ3v) is 0.348. The topological polar surface area (TPSA) is 103 Å². The number of amides is 1. The quantitative estimate of drug-likeness (QED) is 0.329. The van der Waals surface area contributed by atoms with Gasteiger partial charge in [0, 0.05) is 6.42 Å². The molecule has 1 atom stereocenters. The van der Waals surface area contributed by atoms with E-state index in [1.165, 1.54) is 0 Å². The Morgan fingerprint density at radius 1 is 1.80 bits per heavy atom. The van der Waals surface area contributed by atoms with Crippen LogP contribution in [0.3, 0.4) is 0 Å². The van der Waals surface area contributed by atoms with Gasteiger partial charge in [-0.25, -0.2) is 4.21 Å². The van der Waals surface area contributed by atoms with E-state index < -0.39 is 11.4 Å². The molecule has 5 nitrogen and oxygen atoms in total. The van der Waals surface area contributed by atoms with Gasteiger partial charge in [0.2, 0.25) is 5.91 Å². The maximum absolute atomic E-state index is 9.59. The molecule has 0 aliphatic carbocycles. The van der Waals surface area contributed by atoms with Crippen LogP contribution in [0.5, 0.6) is 0 Å². The second kappa shape index (κ2) is 12.8. The molecular weight excluding hydrogens is 185 g/mol. The van der Waals surface area contributed by atoms with Crippen molar-refractivity contribution in [2.75, 3.05) is 0 Å². The average molecular weight is 193 g/mol. The zero-order chi connectivity index (χ0) is 7.86. The SMILES string of the molecule is CCC(N)=O.O=S([O-])O.[K+]. The second-order valence-corrected chi connectivity index (χ2v) is 1.47. The molecule has 0 bridgehead atoms. The molecule has 0 fully saturated rings. The molecule has 0 heterocycles. The molecule has 0 spiro atoms. The molecular formula is C3H8KNO4S. The Labute approximate surface area is 104 Å². The fourth-order valence-electron chi connectivity index (χ4n) is 0. The Balaban J connectivity index is -0.0000000910. The molecule has 56 valence electrons. The van der Waals surface area contributed by atoms with Crippen molar-refractivity contribution in [2.24, 2.45) is 5.73 Å². The van der Waals surface area contributed by atoms with Gasteiger partial charge in [-0.05, 0) is 0 Å². The summed E-state index contributed by atoms with van der Waals surface area (Å²) in [4.78, 5) is 9.59. The van der Waals surface area contributed by atoms with Crippen LogP contribution in [0.15, 0.2) is 0 Å². The first-order chi connectivity index (χ1) is 4.00. The van der Waals surface area contributed by atoms with Gasteiger partial charge in [0.1, 0.15) is 0 Å². The molecule has 0 aromatic carbocycles. The van der Waals surface area contributed by atoms with Crippen molar-refractivity contribution in [2.45, 2.75) is 13.3 Å². The number of hydrogen-bond acceptors (Lipinski definition) is 3. The second-order valence-electron chi connectivity index (χ2n) is 1.04. The van der Waals surface area contributed by atoms with Crippen LogP contribution in [0.2, 0.25) is 0 Å². The first kappa shape index (κ1) is 17.3. The number of carbonyl (C=O) groups is 1. The van der Waals surface area contributed by atoms with Crippen molar-refractivity contribution >= 4 is 17.3 Å². The molecule has 0 rings (SSSR count). The van der Waals surface area contributed by atoms with E-state index in [9.17, 15) is 4.79 Å². The van der Waals surface area contributed by atoms with Crippen molar-refractivity contribution in [1.29, 1.82) is 0 Å². The molecule has 0 aromatic heterocycles. The van der Waals surface area contributed by atoms with E-state index >= 15 is 0 Å². The average Bonchev–Trinajstić information content (AvgIpc) is 1.65. The Bertz CT molecular complexity index is 105. The van der Waals surface area contributed by atoms with Crippen LogP contribution in [0.25, 0.3) is 0 Å². The minimum atomic E-state index is -2.86. The zero-order valence-electron chi connectivity index (χ0n) is 5.86. The van der Waals surface area contributed by atoms with Crippen LogP contribution < -0.4 is 57.1 Å². The van der Waals surface area contributed by atoms with Gasteiger partial charge in [0.05, 0.1) is 11.4 Å².